The van der Waals surface area contributed by atoms with Gasteiger partial charge >= 0.3 is 0 Å². The van der Waals surface area contributed by atoms with Crippen molar-refractivity contribution < 1.29 is 0 Å². The monoisotopic (exact) mass is 452 g/mol. The molecule has 0 saturated carbocycles. The number of fused-ring (bicyclic) bond motifs is 8. The first-order chi connectivity index (χ1) is 17.4. The highest BCUT2D eigenvalue weighted by Crippen LogP contribution is 2.44. The van der Waals surface area contributed by atoms with E-state index in [4.69, 9.17) is 0 Å². The number of allylic oxidation sites excluding steroid dienone is 1. The SMILES string of the molecule is C1=Cc2c(c3ccc4c(c3n2-c2ccccc2)CNN4c2cccc3c2[nH]c2ccccc23)CC1. The van der Waals surface area contributed by atoms with Crippen LogP contribution in [0.25, 0.3) is 44.5 Å². The van der Waals surface area contributed by atoms with Crippen molar-refractivity contribution >= 4 is 50.2 Å². The predicted octanol–water partition coefficient (Wildman–Crippen LogP) is 7.38. The number of nitrogens with zero attached hydrogens (tertiary/aromatic N) is 2. The lowest BCUT2D eigenvalue weighted by molar-refractivity contribution is 0.768. The van der Waals surface area contributed by atoms with Crippen molar-refractivity contribution in [3.05, 3.63) is 108 Å². The summed E-state index contributed by atoms with van der Waals surface area (Å²) in [6.45, 7) is 0.794. The van der Waals surface area contributed by atoms with Crippen LogP contribution in [0.4, 0.5) is 11.4 Å². The summed E-state index contributed by atoms with van der Waals surface area (Å²) in [6, 6.07) is 30.5. The van der Waals surface area contributed by atoms with E-state index in [1.165, 1.54) is 55.4 Å². The van der Waals surface area contributed by atoms with E-state index in [0.29, 0.717) is 0 Å². The van der Waals surface area contributed by atoms with E-state index in [1.807, 2.05) is 0 Å². The first-order valence-corrected chi connectivity index (χ1v) is 12.3. The van der Waals surface area contributed by atoms with Crippen LogP contribution in [0.1, 0.15) is 23.2 Å². The molecule has 8 rings (SSSR count). The predicted molar refractivity (Wildman–Crippen MR) is 145 cm³/mol. The molecule has 1 aliphatic carbocycles. The summed E-state index contributed by atoms with van der Waals surface area (Å²) in [7, 11) is 0. The number of H-pyrrole nitrogens is 1. The number of hydrazine groups is 1. The first kappa shape index (κ1) is 19.1. The molecule has 0 radical (unpaired) electrons. The van der Waals surface area contributed by atoms with Crippen LogP contribution in [0.15, 0.2) is 91.0 Å². The number of benzene rings is 4. The molecule has 4 nitrogen and oxygen atoms in total. The quantitative estimate of drug-likeness (QED) is 0.287. The van der Waals surface area contributed by atoms with E-state index >= 15 is 0 Å². The molecule has 2 N–H and O–H groups in total. The summed E-state index contributed by atoms with van der Waals surface area (Å²) in [4.78, 5) is 3.67. The molecule has 168 valence electrons. The largest absolute Gasteiger partial charge is 0.353 e. The molecule has 35 heavy (non-hydrogen) atoms. The fourth-order valence-electron chi connectivity index (χ4n) is 6.11. The number of aryl methyl sites for hydroxylation is 1. The highest BCUT2D eigenvalue weighted by atomic mass is 15.5. The van der Waals surface area contributed by atoms with E-state index in [0.717, 1.165) is 30.6 Å². The van der Waals surface area contributed by atoms with Crippen LogP contribution in [-0.2, 0) is 13.0 Å². The molecule has 2 aliphatic rings. The summed E-state index contributed by atoms with van der Waals surface area (Å²) >= 11 is 0. The molecule has 0 amide bonds. The average molecular weight is 453 g/mol. The molecule has 0 bridgehead atoms. The van der Waals surface area contributed by atoms with Crippen LogP contribution < -0.4 is 10.4 Å². The molecule has 3 heterocycles. The maximum absolute atomic E-state index is 3.71. The summed E-state index contributed by atoms with van der Waals surface area (Å²) in [5.74, 6) is 0. The Bertz CT molecular complexity index is 1800. The third-order valence-corrected chi connectivity index (χ3v) is 7.62. The summed E-state index contributed by atoms with van der Waals surface area (Å²) in [5, 5.41) is 6.16. The Morgan fingerprint density at radius 2 is 1.54 bits per heavy atom. The molecule has 2 aromatic heterocycles. The molecular formula is C31H24N4. The minimum absolute atomic E-state index is 0.794. The van der Waals surface area contributed by atoms with Crippen LogP contribution in [0, 0.1) is 0 Å². The molecule has 4 heteroatoms. The third kappa shape index (κ3) is 2.60. The van der Waals surface area contributed by atoms with Gasteiger partial charge in [-0.05, 0) is 54.8 Å². The zero-order chi connectivity index (χ0) is 22.9. The van der Waals surface area contributed by atoms with Crippen molar-refractivity contribution in [3.63, 3.8) is 0 Å². The highest BCUT2D eigenvalue weighted by Gasteiger charge is 2.29. The van der Waals surface area contributed by atoms with Gasteiger partial charge < -0.3 is 9.55 Å². The van der Waals surface area contributed by atoms with Gasteiger partial charge in [-0.2, -0.15) is 0 Å². The molecule has 0 unspecified atom stereocenters. The first-order valence-electron chi connectivity index (χ1n) is 12.3. The zero-order valence-electron chi connectivity index (χ0n) is 19.3. The fraction of sp³-hybridized carbons (Fsp3) is 0.0968. The Kier molecular flexibility index (Phi) is 3.87. The number of aromatic nitrogens is 2. The Hall–Kier alpha value is -4.28. The van der Waals surface area contributed by atoms with Gasteiger partial charge in [-0.25, -0.2) is 5.43 Å². The van der Waals surface area contributed by atoms with Gasteiger partial charge in [-0.1, -0.05) is 60.7 Å². The Morgan fingerprint density at radius 1 is 0.686 bits per heavy atom. The van der Waals surface area contributed by atoms with Gasteiger partial charge in [0.25, 0.3) is 0 Å². The standard InChI is InChI=1S/C31H24N4/c1-2-9-20(10-3-1)34-27-15-7-5-12-22(27)24-17-18-28-25(31(24)34)19-32-35(28)29-16-8-13-23-21-11-4-6-14-26(21)33-30(23)29/h1-4,6-11,13-18,32-33H,5,12,19H2. The second-order valence-corrected chi connectivity index (χ2v) is 9.48. The molecule has 0 atom stereocenters. The molecular weight excluding hydrogens is 428 g/mol. The molecule has 6 aromatic rings. The van der Waals surface area contributed by atoms with Gasteiger partial charge in [0.05, 0.1) is 22.4 Å². The van der Waals surface area contributed by atoms with Crippen LogP contribution in [0.5, 0.6) is 0 Å². The summed E-state index contributed by atoms with van der Waals surface area (Å²) < 4.78 is 2.47. The third-order valence-electron chi connectivity index (χ3n) is 7.62. The second kappa shape index (κ2) is 7.11. The van der Waals surface area contributed by atoms with Crippen molar-refractivity contribution in [2.45, 2.75) is 19.4 Å². The van der Waals surface area contributed by atoms with Gasteiger partial charge in [0.15, 0.2) is 0 Å². The number of para-hydroxylation sites is 3. The van der Waals surface area contributed by atoms with Gasteiger partial charge in [-0.15, -0.1) is 0 Å². The van der Waals surface area contributed by atoms with Crippen LogP contribution in [-0.4, -0.2) is 9.55 Å². The second-order valence-electron chi connectivity index (χ2n) is 9.48. The van der Waals surface area contributed by atoms with Gasteiger partial charge in [0.1, 0.15) is 0 Å². The van der Waals surface area contributed by atoms with Gasteiger partial charge in [-0.3, -0.25) is 5.01 Å². The number of rotatable bonds is 2. The Labute approximate surface area is 203 Å². The molecule has 1 aliphatic heterocycles. The fourth-order valence-corrected chi connectivity index (χ4v) is 6.11. The number of anilines is 2. The average Bonchev–Trinajstić information content (AvgIpc) is 3.60. The number of aromatic amines is 1. The highest BCUT2D eigenvalue weighted by molar-refractivity contribution is 6.12. The minimum Gasteiger partial charge on any atom is -0.353 e. The van der Waals surface area contributed by atoms with Crippen LogP contribution >= 0.6 is 0 Å². The van der Waals surface area contributed by atoms with E-state index in [9.17, 15) is 0 Å². The van der Waals surface area contributed by atoms with E-state index in [-0.39, 0.29) is 0 Å². The van der Waals surface area contributed by atoms with Gasteiger partial charge in [0, 0.05) is 45.2 Å². The van der Waals surface area contributed by atoms with E-state index in [2.05, 4.69) is 117 Å². The lowest BCUT2D eigenvalue weighted by Gasteiger charge is -2.20. The maximum Gasteiger partial charge on any atom is 0.0819 e. The summed E-state index contributed by atoms with van der Waals surface area (Å²) in [6.07, 6.45) is 6.81. The van der Waals surface area contributed by atoms with Crippen molar-refractivity contribution in [1.82, 2.24) is 15.0 Å². The molecule has 0 saturated heterocycles. The summed E-state index contributed by atoms with van der Waals surface area (Å²) in [5.41, 5.74) is 15.1. The van der Waals surface area contributed by atoms with Crippen LogP contribution in [0.3, 0.4) is 0 Å². The van der Waals surface area contributed by atoms with E-state index in [1.54, 1.807) is 0 Å². The smallest absolute Gasteiger partial charge is 0.0819 e. The topological polar surface area (TPSA) is 36.0 Å². The lowest BCUT2D eigenvalue weighted by atomic mass is 9.99. The van der Waals surface area contributed by atoms with Crippen LogP contribution in [0.2, 0.25) is 0 Å². The van der Waals surface area contributed by atoms with Gasteiger partial charge in [0.2, 0.25) is 0 Å². The Morgan fingerprint density at radius 3 is 2.49 bits per heavy atom. The normalized spacial score (nSPS) is 14.8. The molecule has 4 aromatic carbocycles. The van der Waals surface area contributed by atoms with Crippen molar-refractivity contribution in [1.29, 1.82) is 0 Å². The number of hydrogen-bond acceptors (Lipinski definition) is 2. The number of hydrogen-bond donors (Lipinski definition) is 2. The maximum atomic E-state index is 3.71. The number of nitrogens with one attached hydrogen (secondary N) is 2. The van der Waals surface area contributed by atoms with Crippen molar-refractivity contribution in [3.8, 4) is 5.69 Å². The zero-order valence-corrected chi connectivity index (χ0v) is 19.3. The lowest BCUT2D eigenvalue weighted by Crippen LogP contribution is -2.26. The van der Waals surface area contributed by atoms with Crippen molar-refractivity contribution in [2.24, 2.45) is 0 Å². The minimum atomic E-state index is 0.794. The van der Waals surface area contributed by atoms with Crippen molar-refractivity contribution in [2.75, 3.05) is 5.01 Å². The molecule has 0 spiro atoms. The van der Waals surface area contributed by atoms with E-state index < -0.39 is 0 Å². The molecule has 0 fully saturated rings. The Balaban J connectivity index is 1.39.